The van der Waals surface area contributed by atoms with Crippen LogP contribution in [-0.2, 0) is 15.9 Å². The van der Waals surface area contributed by atoms with Crippen LogP contribution >= 0.6 is 0 Å². The molecule has 162 valence electrons. The van der Waals surface area contributed by atoms with Crippen LogP contribution in [0.1, 0.15) is 32.3 Å². The van der Waals surface area contributed by atoms with Crippen molar-refractivity contribution in [1.29, 1.82) is 0 Å². The number of allylic oxidation sites excluding steroid dienone is 4. The fourth-order valence-corrected chi connectivity index (χ4v) is 3.64. The fourth-order valence-electron chi connectivity index (χ4n) is 3.64. The highest BCUT2D eigenvalue weighted by atomic mass is 16.6. The Kier molecular flexibility index (Phi) is 6.41. The average molecular weight is 415 g/mol. The Morgan fingerprint density at radius 3 is 2.70 bits per heavy atom. The lowest BCUT2D eigenvalue weighted by Gasteiger charge is -2.27. The summed E-state index contributed by atoms with van der Waals surface area (Å²) < 4.78 is 22.0. The van der Waals surface area contributed by atoms with Gasteiger partial charge in [-0.3, -0.25) is 4.90 Å². The predicted octanol–water partition coefficient (Wildman–Crippen LogP) is 4.10. The number of carbonyl (C=O) groups is 1. The molecule has 0 fully saturated rings. The molecule has 2 N–H and O–H groups in total. The molecule has 2 aliphatic rings. The molecule has 0 saturated heterocycles. The SMILES string of the molecule is COc1ccc(CCC(N)N(C)C(=O)OC2=C3OC=CC=C3CC2(C)C)cc1OC. The quantitative estimate of drug-likeness (QED) is 0.677. The van der Waals surface area contributed by atoms with Gasteiger partial charge in [0, 0.05) is 12.5 Å². The molecule has 1 aromatic carbocycles. The van der Waals surface area contributed by atoms with Gasteiger partial charge >= 0.3 is 6.09 Å². The second-order valence-corrected chi connectivity index (χ2v) is 8.13. The molecule has 1 aromatic rings. The van der Waals surface area contributed by atoms with Gasteiger partial charge in [-0.15, -0.1) is 0 Å². The highest BCUT2D eigenvalue weighted by Crippen LogP contribution is 2.47. The lowest BCUT2D eigenvalue weighted by Crippen LogP contribution is -2.44. The number of hydrogen-bond donors (Lipinski definition) is 1. The van der Waals surface area contributed by atoms with Crippen LogP contribution in [0.2, 0.25) is 0 Å². The Hall–Kier alpha value is -2.93. The third-order valence-corrected chi connectivity index (χ3v) is 5.46. The van der Waals surface area contributed by atoms with Crippen molar-refractivity contribution in [3.05, 3.63) is 59.3 Å². The first-order valence-corrected chi connectivity index (χ1v) is 9.95. The molecule has 1 unspecified atom stereocenters. The van der Waals surface area contributed by atoms with Gasteiger partial charge < -0.3 is 24.7 Å². The molecule has 1 aliphatic carbocycles. The molecule has 0 aromatic heterocycles. The topological polar surface area (TPSA) is 83.3 Å². The fraction of sp³-hybridized carbons (Fsp3) is 0.435. The van der Waals surface area contributed by atoms with Crippen molar-refractivity contribution in [1.82, 2.24) is 4.90 Å². The Bertz CT molecular complexity index is 901. The zero-order valence-electron chi connectivity index (χ0n) is 18.2. The maximum absolute atomic E-state index is 12.8. The van der Waals surface area contributed by atoms with E-state index in [0.29, 0.717) is 35.9 Å². The molecular formula is C23H30N2O5. The van der Waals surface area contributed by atoms with Crippen molar-refractivity contribution >= 4 is 6.09 Å². The normalized spacial score (nSPS) is 17.6. The van der Waals surface area contributed by atoms with Crippen LogP contribution in [0, 0.1) is 5.41 Å². The zero-order chi connectivity index (χ0) is 21.9. The summed E-state index contributed by atoms with van der Waals surface area (Å²) in [5, 5.41) is 0. The number of benzene rings is 1. The molecule has 1 amide bonds. The first-order valence-electron chi connectivity index (χ1n) is 9.95. The van der Waals surface area contributed by atoms with E-state index in [0.717, 1.165) is 17.6 Å². The van der Waals surface area contributed by atoms with Crippen molar-refractivity contribution in [2.75, 3.05) is 21.3 Å². The number of rotatable bonds is 7. The van der Waals surface area contributed by atoms with E-state index in [4.69, 9.17) is 24.7 Å². The van der Waals surface area contributed by atoms with E-state index < -0.39 is 12.3 Å². The van der Waals surface area contributed by atoms with Gasteiger partial charge in [-0.05, 0) is 48.6 Å². The summed E-state index contributed by atoms with van der Waals surface area (Å²) in [6.07, 6.45) is 6.43. The number of hydrogen-bond acceptors (Lipinski definition) is 6. The molecule has 1 aliphatic heterocycles. The molecule has 7 heteroatoms. The molecule has 1 atom stereocenters. The van der Waals surface area contributed by atoms with Crippen molar-refractivity contribution in [3.63, 3.8) is 0 Å². The van der Waals surface area contributed by atoms with Crippen molar-refractivity contribution in [2.24, 2.45) is 11.1 Å². The van der Waals surface area contributed by atoms with Gasteiger partial charge in [0.05, 0.1) is 26.6 Å². The molecule has 0 saturated carbocycles. The summed E-state index contributed by atoms with van der Waals surface area (Å²) in [4.78, 5) is 14.2. The number of fused-ring (bicyclic) bond motifs is 1. The van der Waals surface area contributed by atoms with Crippen LogP contribution < -0.4 is 15.2 Å². The summed E-state index contributed by atoms with van der Waals surface area (Å²) in [6, 6.07) is 5.73. The third kappa shape index (κ3) is 4.46. The van der Waals surface area contributed by atoms with Gasteiger partial charge in [-0.2, -0.15) is 0 Å². The first-order chi connectivity index (χ1) is 14.3. The third-order valence-electron chi connectivity index (χ3n) is 5.46. The van der Waals surface area contributed by atoms with Gasteiger partial charge in [0.25, 0.3) is 0 Å². The van der Waals surface area contributed by atoms with E-state index in [1.165, 1.54) is 4.90 Å². The standard InChI is InChI=1S/C23H30N2O5/c1-23(2)14-16-7-6-12-29-20(16)21(23)30-22(26)25(3)19(24)11-9-15-8-10-17(27-4)18(13-15)28-5/h6-8,10,12-13,19H,9,11,14,24H2,1-5H3. The van der Waals surface area contributed by atoms with Crippen molar-refractivity contribution in [3.8, 4) is 11.5 Å². The van der Waals surface area contributed by atoms with Crippen LogP contribution in [0.25, 0.3) is 0 Å². The molecular weight excluding hydrogens is 384 g/mol. The van der Waals surface area contributed by atoms with Gasteiger partial charge in [0.1, 0.15) is 0 Å². The second kappa shape index (κ2) is 8.83. The van der Waals surface area contributed by atoms with Crippen molar-refractivity contribution in [2.45, 2.75) is 39.3 Å². The summed E-state index contributed by atoms with van der Waals surface area (Å²) in [5.41, 5.74) is 8.02. The van der Waals surface area contributed by atoms with Gasteiger partial charge in [-0.1, -0.05) is 26.0 Å². The van der Waals surface area contributed by atoms with E-state index in [-0.39, 0.29) is 5.41 Å². The van der Waals surface area contributed by atoms with E-state index in [9.17, 15) is 4.79 Å². The minimum Gasteiger partial charge on any atom is -0.493 e. The summed E-state index contributed by atoms with van der Waals surface area (Å²) in [6.45, 7) is 4.06. The van der Waals surface area contributed by atoms with Crippen LogP contribution in [0.4, 0.5) is 4.79 Å². The minimum absolute atomic E-state index is 0.326. The number of aryl methyl sites for hydroxylation is 1. The van der Waals surface area contributed by atoms with Gasteiger partial charge in [-0.25, -0.2) is 4.79 Å². The summed E-state index contributed by atoms with van der Waals surface area (Å²) in [7, 11) is 4.85. The van der Waals surface area contributed by atoms with Gasteiger partial charge in [0.2, 0.25) is 0 Å². The smallest absolute Gasteiger partial charge is 0.416 e. The summed E-state index contributed by atoms with van der Waals surface area (Å²) >= 11 is 0. The molecule has 0 bridgehead atoms. The molecule has 0 spiro atoms. The van der Waals surface area contributed by atoms with Gasteiger partial charge in [0.15, 0.2) is 23.0 Å². The Labute approximate surface area is 177 Å². The molecule has 30 heavy (non-hydrogen) atoms. The van der Waals surface area contributed by atoms with Crippen LogP contribution in [0.3, 0.4) is 0 Å². The van der Waals surface area contributed by atoms with Crippen LogP contribution in [-0.4, -0.2) is 38.4 Å². The Morgan fingerprint density at radius 2 is 2.00 bits per heavy atom. The second-order valence-electron chi connectivity index (χ2n) is 8.13. The monoisotopic (exact) mass is 414 g/mol. The maximum atomic E-state index is 12.8. The minimum atomic E-state index is -0.497. The molecule has 7 nitrogen and oxygen atoms in total. The van der Waals surface area contributed by atoms with Crippen LogP contribution in [0.15, 0.2) is 53.7 Å². The predicted molar refractivity (Wildman–Crippen MR) is 114 cm³/mol. The zero-order valence-corrected chi connectivity index (χ0v) is 18.2. The molecule has 1 heterocycles. The molecule has 3 rings (SSSR count). The van der Waals surface area contributed by atoms with E-state index in [2.05, 4.69) is 0 Å². The van der Waals surface area contributed by atoms with E-state index in [1.807, 2.05) is 44.2 Å². The number of nitrogens with zero attached hydrogens (tertiary/aromatic N) is 1. The number of methoxy groups -OCH3 is 2. The average Bonchev–Trinajstić information content (AvgIpc) is 3.00. The number of nitrogens with two attached hydrogens (primary N) is 1. The summed E-state index contributed by atoms with van der Waals surface area (Å²) in [5.74, 6) is 2.51. The van der Waals surface area contributed by atoms with Crippen LogP contribution in [0.5, 0.6) is 11.5 Å². The highest BCUT2D eigenvalue weighted by molar-refractivity contribution is 5.69. The van der Waals surface area contributed by atoms with Crippen molar-refractivity contribution < 1.29 is 23.7 Å². The van der Waals surface area contributed by atoms with E-state index >= 15 is 0 Å². The number of amides is 1. The molecule has 0 radical (unpaired) electrons. The maximum Gasteiger partial charge on any atom is 0.416 e. The number of carbonyl (C=O) groups excluding carboxylic acids is 1. The van der Waals surface area contributed by atoms with E-state index in [1.54, 1.807) is 27.5 Å². The highest BCUT2D eigenvalue weighted by Gasteiger charge is 2.41. The Morgan fingerprint density at radius 1 is 1.27 bits per heavy atom. The Balaban J connectivity index is 1.62. The lowest BCUT2D eigenvalue weighted by atomic mass is 9.90. The number of ether oxygens (including phenoxy) is 4. The first kappa shape index (κ1) is 21.8. The largest absolute Gasteiger partial charge is 0.493 e. The lowest BCUT2D eigenvalue weighted by molar-refractivity contribution is 0.100.